The van der Waals surface area contributed by atoms with Crippen molar-refractivity contribution >= 4 is 10.8 Å². The minimum absolute atomic E-state index is 0.0533. The second-order valence-corrected chi connectivity index (χ2v) is 5.81. The topological polar surface area (TPSA) is 42.4 Å². The summed E-state index contributed by atoms with van der Waals surface area (Å²) in [6.07, 6.45) is 4.97. The lowest BCUT2D eigenvalue weighted by atomic mass is 9.89. The molecule has 2 unspecified atom stereocenters. The Kier molecular flexibility index (Phi) is 3.88. The third-order valence-electron chi connectivity index (χ3n) is 4.09. The Morgan fingerprint density at radius 1 is 1.30 bits per heavy atom. The summed E-state index contributed by atoms with van der Waals surface area (Å²) in [6, 6.07) is 9.98. The summed E-state index contributed by atoms with van der Waals surface area (Å²) in [5.41, 5.74) is 0.669. The van der Waals surface area contributed by atoms with Crippen LogP contribution in [0.1, 0.15) is 38.3 Å². The van der Waals surface area contributed by atoms with Crippen molar-refractivity contribution in [2.75, 3.05) is 0 Å². The Bertz CT molecular complexity index is 597. The van der Waals surface area contributed by atoms with Gasteiger partial charge < -0.3 is 9.84 Å². The van der Waals surface area contributed by atoms with E-state index >= 15 is 0 Å². The molecule has 3 heteroatoms. The largest absolute Gasteiger partial charge is 0.474 e. The second kappa shape index (κ2) is 5.80. The van der Waals surface area contributed by atoms with Crippen LogP contribution in [0.25, 0.3) is 10.8 Å². The first-order chi connectivity index (χ1) is 9.76. The van der Waals surface area contributed by atoms with Crippen LogP contribution in [0.15, 0.2) is 30.3 Å². The van der Waals surface area contributed by atoms with E-state index in [-0.39, 0.29) is 12.7 Å². The van der Waals surface area contributed by atoms with Gasteiger partial charge in [-0.3, -0.25) is 0 Å². The zero-order valence-corrected chi connectivity index (χ0v) is 11.9. The summed E-state index contributed by atoms with van der Waals surface area (Å²) in [6.45, 7) is 2.23. The average Bonchev–Trinajstić information content (AvgIpc) is 2.47. The molecular weight excluding hydrogens is 250 g/mol. The van der Waals surface area contributed by atoms with E-state index in [1.807, 2.05) is 30.3 Å². The number of rotatable bonds is 3. The van der Waals surface area contributed by atoms with Gasteiger partial charge in [0.15, 0.2) is 0 Å². The van der Waals surface area contributed by atoms with Crippen LogP contribution in [0.2, 0.25) is 0 Å². The summed E-state index contributed by atoms with van der Waals surface area (Å²) in [4.78, 5) is 4.47. The van der Waals surface area contributed by atoms with Crippen molar-refractivity contribution < 1.29 is 9.84 Å². The Balaban J connectivity index is 1.93. The summed E-state index contributed by atoms with van der Waals surface area (Å²) >= 11 is 0. The lowest BCUT2D eigenvalue weighted by molar-refractivity contribution is 0.125. The third kappa shape index (κ3) is 2.78. The second-order valence-electron chi connectivity index (χ2n) is 5.81. The van der Waals surface area contributed by atoms with Crippen LogP contribution in [-0.4, -0.2) is 16.2 Å². The normalized spacial score (nSPS) is 22.9. The van der Waals surface area contributed by atoms with Crippen molar-refractivity contribution in [1.29, 1.82) is 0 Å². The van der Waals surface area contributed by atoms with Crippen molar-refractivity contribution in [1.82, 2.24) is 4.98 Å². The van der Waals surface area contributed by atoms with Crippen molar-refractivity contribution in [2.45, 2.75) is 45.3 Å². The number of nitrogens with zero attached hydrogens (tertiary/aromatic N) is 1. The highest BCUT2D eigenvalue weighted by atomic mass is 16.5. The van der Waals surface area contributed by atoms with Gasteiger partial charge in [0.25, 0.3) is 0 Å². The number of aliphatic hydroxyl groups excluding tert-OH is 1. The molecule has 1 aromatic carbocycles. The standard InChI is InChI=1S/C17H21NO2/c1-12-5-4-7-15(9-12)20-17-16-8-3-2-6-13(16)10-14(11-19)18-17/h2-3,6,8,10,12,15,19H,4-5,7,9,11H2,1H3. The van der Waals surface area contributed by atoms with Crippen LogP contribution in [-0.2, 0) is 6.61 Å². The summed E-state index contributed by atoms with van der Waals surface area (Å²) in [5, 5.41) is 11.5. The number of ether oxygens (including phenoxy) is 1. The fourth-order valence-corrected chi connectivity index (χ4v) is 3.03. The monoisotopic (exact) mass is 271 g/mol. The zero-order valence-electron chi connectivity index (χ0n) is 11.9. The molecule has 0 spiro atoms. The minimum Gasteiger partial charge on any atom is -0.474 e. The number of pyridine rings is 1. The molecule has 106 valence electrons. The summed E-state index contributed by atoms with van der Waals surface area (Å²) in [5.74, 6) is 1.40. The number of aromatic nitrogens is 1. The van der Waals surface area contributed by atoms with E-state index in [1.54, 1.807) is 0 Å². The molecule has 3 rings (SSSR count). The molecule has 2 aromatic rings. The van der Waals surface area contributed by atoms with Gasteiger partial charge >= 0.3 is 0 Å². The number of hydrogen-bond acceptors (Lipinski definition) is 3. The number of fused-ring (bicyclic) bond motifs is 1. The van der Waals surface area contributed by atoms with Crippen molar-refractivity contribution in [3.63, 3.8) is 0 Å². The van der Waals surface area contributed by atoms with E-state index < -0.39 is 0 Å². The van der Waals surface area contributed by atoms with Gasteiger partial charge in [-0.15, -0.1) is 0 Å². The fourth-order valence-electron chi connectivity index (χ4n) is 3.03. The van der Waals surface area contributed by atoms with Gasteiger partial charge in [0, 0.05) is 5.39 Å². The van der Waals surface area contributed by atoms with Crippen LogP contribution in [0.5, 0.6) is 5.88 Å². The quantitative estimate of drug-likeness (QED) is 0.926. The highest BCUT2D eigenvalue weighted by Gasteiger charge is 2.21. The minimum atomic E-state index is -0.0533. The maximum atomic E-state index is 9.35. The Morgan fingerprint density at radius 2 is 2.15 bits per heavy atom. The van der Waals surface area contributed by atoms with E-state index in [2.05, 4.69) is 11.9 Å². The van der Waals surface area contributed by atoms with Crippen molar-refractivity contribution in [3.8, 4) is 5.88 Å². The van der Waals surface area contributed by atoms with E-state index in [0.717, 1.165) is 29.5 Å². The maximum Gasteiger partial charge on any atom is 0.221 e. The van der Waals surface area contributed by atoms with Crippen molar-refractivity contribution in [2.24, 2.45) is 5.92 Å². The molecule has 1 heterocycles. The molecule has 0 saturated heterocycles. The van der Waals surface area contributed by atoms with Gasteiger partial charge in [-0.2, -0.15) is 0 Å². The van der Waals surface area contributed by atoms with Crippen LogP contribution < -0.4 is 4.74 Å². The zero-order chi connectivity index (χ0) is 13.9. The molecule has 1 saturated carbocycles. The smallest absolute Gasteiger partial charge is 0.221 e. The van der Waals surface area contributed by atoms with Crippen LogP contribution >= 0.6 is 0 Å². The Hall–Kier alpha value is -1.61. The molecule has 1 fully saturated rings. The molecule has 1 N–H and O–H groups in total. The number of benzene rings is 1. The first-order valence-corrected chi connectivity index (χ1v) is 7.42. The number of hydrogen-bond donors (Lipinski definition) is 1. The van der Waals surface area contributed by atoms with Gasteiger partial charge in [-0.1, -0.05) is 31.5 Å². The molecule has 0 radical (unpaired) electrons. The van der Waals surface area contributed by atoms with Crippen LogP contribution in [0.3, 0.4) is 0 Å². The highest BCUT2D eigenvalue weighted by Crippen LogP contribution is 2.30. The molecule has 1 aliphatic carbocycles. The first kappa shape index (κ1) is 13.4. The Morgan fingerprint density at radius 3 is 2.95 bits per heavy atom. The SMILES string of the molecule is CC1CCCC(Oc2nc(CO)cc3ccccc23)C1. The summed E-state index contributed by atoms with van der Waals surface area (Å²) < 4.78 is 6.16. The molecule has 0 amide bonds. The highest BCUT2D eigenvalue weighted by molar-refractivity contribution is 5.87. The Labute approximate surface area is 119 Å². The lowest BCUT2D eigenvalue weighted by Crippen LogP contribution is -2.24. The van der Waals surface area contributed by atoms with Gasteiger partial charge in [-0.25, -0.2) is 4.98 Å². The van der Waals surface area contributed by atoms with E-state index in [1.165, 1.54) is 12.8 Å². The van der Waals surface area contributed by atoms with Gasteiger partial charge in [0.1, 0.15) is 6.10 Å². The summed E-state index contributed by atoms with van der Waals surface area (Å²) in [7, 11) is 0. The van der Waals surface area contributed by atoms with Gasteiger partial charge in [-0.05, 0) is 42.7 Å². The molecule has 1 aliphatic rings. The number of aliphatic hydroxyl groups is 1. The van der Waals surface area contributed by atoms with E-state index in [9.17, 15) is 5.11 Å². The predicted molar refractivity (Wildman–Crippen MR) is 79.7 cm³/mol. The average molecular weight is 271 g/mol. The van der Waals surface area contributed by atoms with Gasteiger partial charge in [0.05, 0.1) is 12.3 Å². The molecule has 20 heavy (non-hydrogen) atoms. The first-order valence-electron chi connectivity index (χ1n) is 7.42. The van der Waals surface area contributed by atoms with Crippen LogP contribution in [0.4, 0.5) is 0 Å². The predicted octanol–water partition coefficient (Wildman–Crippen LogP) is 3.68. The van der Waals surface area contributed by atoms with E-state index in [0.29, 0.717) is 11.6 Å². The molecule has 1 aromatic heterocycles. The molecule has 0 aliphatic heterocycles. The van der Waals surface area contributed by atoms with Gasteiger partial charge in [0.2, 0.25) is 5.88 Å². The molecule has 3 nitrogen and oxygen atoms in total. The van der Waals surface area contributed by atoms with E-state index in [4.69, 9.17) is 4.74 Å². The molecular formula is C17H21NO2. The maximum absolute atomic E-state index is 9.35. The fraction of sp³-hybridized carbons (Fsp3) is 0.471. The third-order valence-corrected chi connectivity index (χ3v) is 4.09. The van der Waals surface area contributed by atoms with Crippen LogP contribution in [0, 0.1) is 5.92 Å². The lowest BCUT2D eigenvalue weighted by Gasteiger charge is -2.27. The van der Waals surface area contributed by atoms with Crippen molar-refractivity contribution in [3.05, 3.63) is 36.0 Å². The molecule has 2 atom stereocenters. The molecule has 0 bridgehead atoms.